The molecule has 0 aliphatic carbocycles. The number of nitrogens with zero attached hydrogens (tertiary/aromatic N) is 2. The van der Waals surface area contributed by atoms with Crippen LogP contribution in [0.25, 0.3) is 6.08 Å². The number of carbonyl (C=O) groups is 1. The van der Waals surface area contributed by atoms with Crippen LogP contribution in [0.3, 0.4) is 0 Å². The van der Waals surface area contributed by atoms with Crippen LogP contribution in [0.1, 0.15) is 15.9 Å². The van der Waals surface area contributed by atoms with Crippen LogP contribution in [0.2, 0.25) is 0 Å². The number of allylic oxidation sites excluding steroid dienone is 1. The number of nitro groups is 1. The Balaban J connectivity index is 3.00. The molecule has 0 atom stereocenters. The summed E-state index contributed by atoms with van der Waals surface area (Å²) < 4.78 is 4.50. The molecule has 0 saturated heterocycles. The van der Waals surface area contributed by atoms with E-state index in [1.54, 1.807) is 0 Å². The molecule has 1 aromatic rings. The van der Waals surface area contributed by atoms with Crippen LogP contribution in [0.15, 0.2) is 30.0 Å². The van der Waals surface area contributed by atoms with Crippen molar-refractivity contribution in [3.63, 3.8) is 0 Å². The number of ether oxygens (including phenoxy) is 1. The molecular formula is C11H8N2O4. The van der Waals surface area contributed by atoms with Crippen LogP contribution >= 0.6 is 0 Å². The lowest BCUT2D eigenvalue weighted by molar-refractivity contribution is -0.415. The number of benzene rings is 1. The first-order valence-corrected chi connectivity index (χ1v) is 4.53. The van der Waals surface area contributed by atoms with Crippen LogP contribution < -0.4 is 0 Å². The van der Waals surface area contributed by atoms with Gasteiger partial charge in [-0.05, 0) is 17.7 Å². The molecule has 6 nitrogen and oxygen atoms in total. The van der Waals surface area contributed by atoms with Gasteiger partial charge in [-0.2, -0.15) is 5.26 Å². The molecule has 0 unspecified atom stereocenters. The van der Waals surface area contributed by atoms with Gasteiger partial charge in [-0.1, -0.05) is 12.1 Å². The van der Waals surface area contributed by atoms with Gasteiger partial charge in [0.05, 0.1) is 17.6 Å². The molecular weight excluding hydrogens is 224 g/mol. The Kier molecular flexibility index (Phi) is 3.95. The van der Waals surface area contributed by atoms with Gasteiger partial charge in [0.15, 0.2) is 6.07 Å². The zero-order chi connectivity index (χ0) is 12.8. The van der Waals surface area contributed by atoms with E-state index in [2.05, 4.69) is 4.74 Å². The van der Waals surface area contributed by atoms with Gasteiger partial charge in [0, 0.05) is 6.08 Å². The van der Waals surface area contributed by atoms with E-state index < -0.39 is 16.6 Å². The predicted octanol–water partition coefficient (Wildman–Crippen LogP) is 1.61. The molecule has 0 N–H and O–H groups in total. The van der Waals surface area contributed by atoms with Gasteiger partial charge in [-0.3, -0.25) is 10.1 Å². The zero-order valence-electron chi connectivity index (χ0n) is 8.91. The Morgan fingerprint density at radius 2 is 2.06 bits per heavy atom. The Morgan fingerprint density at radius 1 is 1.47 bits per heavy atom. The molecule has 0 radical (unpaired) electrons. The van der Waals surface area contributed by atoms with Crippen molar-refractivity contribution < 1.29 is 14.5 Å². The van der Waals surface area contributed by atoms with Crippen molar-refractivity contribution in [3.8, 4) is 6.07 Å². The Morgan fingerprint density at radius 3 is 2.47 bits per heavy atom. The number of rotatable bonds is 3. The van der Waals surface area contributed by atoms with E-state index in [0.717, 1.165) is 6.08 Å². The molecule has 0 bridgehead atoms. The lowest BCUT2D eigenvalue weighted by Gasteiger charge is -1.98. The summed E-state index contributed by atoms with van der Waals surface area (Å²) in [7, 11) is 1.26. The van der Waals surface area contributed by atoms with E-state index in [-0.39, 0.29) is 0 Å². The first-order valence-electron chi connectivity index (χ1n) is 4.53. The molecule has 6 heteroatoms. The standard InChI is InChI=1S/C11H8N2O4/c1-17-11(14)9-4-2-8(3-5-9)6-10(7-12)13(15)16/h2-6H,1H3/b10-6+. The molecule has 0 spiro atoms. The first kappa shape index (κ1) is 12.4. The molecule has 0 aliphatic rings. The quantitative estimate of drug-likeness (QED) is 0.341. The van der Waals surface area contributed by atoms with Crippen molar-refractivity contribution in [2.24, 2.45) is 0 Å². The Bertz CT molecular complexity index is 511. The summed E-state index contributed by atoms with van der Waals surface area (Å²) in [6, 6.07) is 7.39. The normalized spacial score (nSPS) is 10.5. The Hall–Kier alpha value is -2.68. The van der Waals surface area contributed by atoms with E-state index >= 15 is 0 Å². The SMILES string of the molecule is COC(=O)c1ccc(/C=C(\C#N)[N+](=O)[O-])cc1. The summed E-state index contributed by atoms with van der Waals surface area (Å²) in [4.78, 5) is 20.7. The molecule has 1 aromatic carbocycles. The summed E-state index contributed by atoms with van der Waals surface area (Å²) in [5.41, 5.74) is 0.242. The highest BCUT2D eigenvalue weighted by Crippen LogP contribution is 2.10. The van der Waals surface area contributed by atoms with Crippen molar-refractivity contribution in [2.75, 3.05) is 7.11 Å². The maximum atomic E-state index is 11.1. The summed E-state index contributed by atoms with van der Waals surface area (Å²) >= 11 is 0. The van der Waals surface area contributed by atoms with Crippen molar-refractivity contribution >= 4 is 12.0 Å². The van der Waals surface area contributed by atoms with E-state index in [1.807, 2.05) is 0 Å². The fourth-order valence-corrected chi connectivity index (χ4v) is 1.12. The van der Waals surface area contributed by atoms with Crippen molar-refractivity contribution in [2.45, 2.75) is 0 Å². The van der Waals surface area contributed by atoms with Crippen LogP contribution in [0, 0.1) is 21.4 Å². The van der Waals surface area contributed by atoms with Crippen molar-refractivity contribution in [1.29, 1.82) is 5.26 Å². The topological polar surface area (TPSA) is 93.2 Å². The van der Waals surface area contributed by atoms with E-state index in [9.17, 15) is 14.9 Å². The third-order valence-electron chi connectivity index (χ3n) is 1.95. The molecule has 0 amide bonds. The molecule has 17 heavy (non-hydrogen) atoms. The highest BCUT2D eigenvalue weighted by atomic mass is 16.6. The lowest BCUT2D eigenvalue weighted by atomic mass is 10.1. The third-order valence-corrected chi connectivity index (χ3v) is 1.95. The molecule has 0 aromatic heterocycles. The van der Waals surface area contributed by atoms with Gasteiger partial charge < -0.3 is 4.74 Å². The molecule has 0 saturated carbocycles. The molecule has 0 heterocycles. The second kappa shape index (κ2) is 5.42. The van der Waals surface area contributed by atoms with Gasteiger partial charge in [-0.15, -0.1) is 0 Å². The van der Waals surface area contributed by atoms with Crippen LogP contribution in [0.4, 0.5) is 0 Å². The van der Waals surface area contributed by atoms with E-state index in [1.165, 1.54) is 37.4 Å². The number of hydrogen-bond donors (Lipinski definition) is 0. The fraction of sp³-hybridized carbons (Fsp3) is 0.0909. The molecule has 0 fully saturated rings. The maximum Gasteiger partial charge on any atom is 0.346 e. The minimum atomic E-state index is -0.770. The van der Waals surface area contributed by atoms with Gasteiger partial charge in [0.25, 0.3) is 0 Å². The van der Waals surface area contributed by atoms with Gasteiger partial charge in [0.1, 0.15) is 0 Å². The van der Waals surface area contributed by atoms with Crippen molar-refractivity contribution in [3.05, 3.63) is 51.2 Å². The second-order valence-corrected chi connectivity index (χ2v) is 3.01. The summed E-state index contributed by atoms with van der Waals surface area (Å²) in [6.07, 6.45) is 1.13. The second-order valence-electron chi connectivity index (χ2n) is 3.01. The lowest BCUT2D eigenvalue weighted by Crippen LogP contribution is -2.00. The number of hydrogen-bond acceptors (Lipinski definition) is 5. The number of carbonyl (C=O) groups excluding carboxylic acids is 1. The third kappa shape index (κ3) is 3.14. The smallest absolute Gasteiger partial charge is 0.346 e. The largest absolute Gasteiger partial charge is 0.465 e. The van der Waals surface area contributed by atoms with E-state index in [4.69, 9.17) is 5.26 Å². The highest BCUT2D eigenvalue weighted by molar-refractivity contribution is 5.89. The average Bonchev–Trinajstić information content (AvgIpc) is 2.35. The minimum absolute atomic E-state index is 0.337. The van der Waals surface area contributed by atoms with Crippen LogP contribution in [-0.4, -0.2) is 18.0 Å². The number of methoxy groups -OCH3 is 1. The Labute approximate surface area is 96.9 Å². The van der Waals surface area contributed by atoms with Crippen LogP contribution in [-0.2, 0) is 4.74 Å². The van der Waals surface area contributed by atoms with Gasteiger partial charge >= 0.3 is 11.7 Å². The number of esters is 1. The van der Waals surface area contributed by atoms with Crippen molar-refractivity contribution in [1.82, 2.24) is 0 Å². The monoisotopic (exact) mass is 232 g/mol. The molecule has 86 valence electrons. The predicted molar refractivity (Wildman–Crippen MR) is 58.4 cm³/mol. The first-order chi connectivity index (χ1) is 8.08. The molecule has 1 rings (SSSR count). The zero-order valence-corrected chi connectivity index (χ0v) is 8.91. The average molecular weight is 232 g/mol. The minimum Gasteiger partial charge on any atom is -0.465 e. The van der Waals surface area contributed by atoms with Gasteiger partial charge in [-0.25, -0.2) is 4.79 Å². The highest BCUT2D eigenvalue weighted by Gasteiger charge is 2.09. The number of nitriles is 1. The summed E-state index contributed by atoms with van der Waals surface area (Å²) in [6.45, 7) is 0. The van der Waals surface area contributed by atoms with Gasteiger partial charge in [0.2, 0.25) is 0 Å². The summed E-state index contributed by atoms with van der Waals surface area (Å²) in [5.74, 6) is -0.490. The molecule has 0 aliphatic heterocycles. The van der Waals surface area contributed by atoms with E-state index in [0.29, 0.717) is 11.1 Å². The maximum absolute atomic E-state index is 11.1. The van der Waals surface area contributed by atoms with Crippen LogP contribution in [0.5, 0.6) is 0 Å². The summed E-state index contributed by atoms with van der Waals surface area (Å²) in [5, 5.41) is 18.9. The fourth-order valence-electron chi connectivity index (χ4n) is 1.12.